The molecular weight excluding hydrogens is 366 g/mol. The van der Waals surface area contributed by atoms with E-state index in [9.17, 15) is 14.9 Å². The van der Waals surface area contributed by atoms with E-state index < -0.39 is 4.92 Å². The second kappa shape index (κ2) is 8.11. The summed E-state index contributed by atoms with van der Waals surface area (Å²) in [4.78, 5) is 26.2. The minimum absolute atomic E-state index is 0.0559. The fourth-order valence-corrected chi connectivity index (χ4v) is 3.19. The summed E-state index contributed by atoms with van der Waals surface area (Å²) in [6, 6.07) is 11.6. The zero-order valence-corrected chi connectivity index (χ0v) is 15.8. The van der Waals surface area contributed by atoms with E-state index in [0.29, 0.717) is 30.2 Å². The van der Waals surface area contributed by atoms with Gasteiger partial charge in [-0.05, 0) is 37.7 Å². The molecule has 0 aliphatic rings. The molecule has 1 amide bonds. The first kappa shape index (κ1) is 18.7. The summed E-state index contributed by atoms with van der Waals surface area (Å²) in [5, 5.41) is 20.4. The van der Waals surface area contributed by atoms with Gasteiger partial charge in [0.15, 0.2) is 0 Å². The SMILES string of the molecule is CN(C)CCNC(=O)c1cc(-c2cccs2)nn1-c1cccc([N+](=O)[O-])c1. The highest BCUT2D eigenvalue weighted by Crippen LogP contribution is 2.26. The molecule has 140 valence electrons. The van der Waals surface area contributed by atoms with Crippen LogP contribution in [0.5, 0.6) is 0 Å². The second-order valence-electron chi connectivity index (χ2n) is 6.14. The van der Waals surface area contributed by atoms with Gasteiger partial charge < -0.3 is 10.2 Å². The molecule has 0 fully saturated rings. The third-order valence-corrected chi connectivity index (χ3v) is 4.74. The molecule has 3 rings (SSSR count). The maximum Gasteiger partial charge on any atom is 0.271 e. The average molecular weight is 385 g/mol. The molecule has 0 radical (unpaired) electrons. The van der Waals surface area contributed by atoms with E-state index in [4.69, 9.17) is 0 Å². The Morgan fingerprint density at radius 1 is 1.30 bits per heavy atom. The highest BCUT2D eigenvalue weighted by Gasteiger charge is 2.19. The van der Waals surface area contributed by atoms with Crippen molar-refractivity contribution in [2.75, 3.05) is 27.2 Å². The molecule has 2 aromatic heterocycles. The third kappa shape index (κ3) is 4.39. The fraction of sp³-hybridized carbons (Fsp3) is 0.222. The molecule has 0 bridgehead atoms. The van der Waals surface area contributed by atoms with Gasteiger partial charge in [0, 0.05) is 25.2 Å². The Morgan fingerprint density at radius 3 is 2.78 bits per heavy atom. The molecule has 27 heavy (non-hydrogen) atoms. The van der Waals surface area contributed by atoms with Crippen LogP contribution >= 0.6 is 11.3 Å². The first-order valence-corrected chi connectivity index (χ1v) is 9.15. The summed E-state index contributed by atoms with van der Waals surface area (Å²) in [5.74, 6) is -0.279. The van der Waals surface area contributed by atoms with Gasteiger partial charge in [0.1, 0.15) is 11.4 Å². The standard InChI is InChI=1S/C18H19N5O3S/c1-21(2)9-8-19-18(24)16-12-15(17-7-4-10-27-17)20-22(16)13-5-3-6-14(11-13)23(25)26/h3-7,10-12H,8-9H2,1-2H3,(H,19,24). The number of aromatic nitrogens is 2. The number of carbonyl (C=O) groups is 1. The van der Waals surface area contributed by atoms with Crippen molar-refractivity contribution in [3.05, 3.63) is 63.7 Å². The van der Waals surface area contributed by atoms with Crippen LogP contribution in [0.3, 0.4) is 0 Å². The number of nitro groups is 1. The molecule has 0 spiro atoms. The molecule has 2 heterocycles. The number of nitrogens with one attached hydrogen (secondary N) is 1. The Bertz CT molecular complexity index is 950. The molecule has 0 atom stereocenters. The quantitative estimate of drug-likeness (QED) is 0.499. The predicted octanol–water partition coefficient (Wildman–Crippen LogP) is 2.80. The maximum absolute atomic E-state index is 12.7. The molecule has 0 unspecified atom stereocenters. The lowest BCUT2D eigenvalue weighted by Gasteiger charge is -2.11. The summed E-state index contributed by atoms with van der Waals surface area (Å²) in [6.45, 7) is 1.19. The fourth-order valence-electron chi connectivity index (χ4n) is 2.51. The van der Waals surface area contributed by atoms with Crippen LogP contribution in [0, 0.1) is 10.1 Å². The number of nitrogens with zero attached hydrogens (tertiary/aromatic N) is 4. The zero-order chi connectivity index (χ0) is 19.4. The Kier molecular flexibility index (Phi) is 5.63. The topological polar surface area (TPSA) is 93.3 Å². The molecule has 0 saturated carbocycles. The van der Waals surface area contributed by atoms with Crippen molar-refractivity contribution in [1.29, 1.82) is 0 Å². The van der Waals surface area contributed by atoms with Crippen LogP contribution in [0.4, 0.5) is 5.69 Å². The molecule has 0 saturated heterocycles. The maximum atomic E-state index is 12.7. The van der Waals surface area contributed by atoms with Crippen molar-refractivity contribution in [3.63, 3.8) is 0 Å². The summed E-state index contributed by atoms with van der Waals surface area (Å²) >= 11 is 1.51. The van der Waals surface area contributed by atoms with Gasteiger partial charge in [-0.3, -0.25) is 14.9 Å². The number of nitro benzene ring substituents is 1. The molecule has 1 N–H and O–H groups in total. The minimum Gasteiger partial charge on any atom is -0.349 e. The van der Waals surface area contributed by atoms with Crippen LogP contribution in [0.2, 0.25) is 0 Å². The predicted molar refractivity (Wildman–Crippen MR) is 104 cm³/mol. The van der Waals surface area contributed by atoms with E-state index >= 15 is 0 Å². The smallest absolute Gasteiger partial charge is 0.271 e. The number of thiophene rings is 1. The number of benzene rings is 1. The van der Waals surface area contributed by atoms with Crippen LogP contribution < -0.4 is 5.32 Å². The van der Waals surface area contributed by atoms with E-state index in [2.05, 4.69) is 10.4 Å². The number of hydrogen-bond donors (Lipinski definition) is 1. The van der Waals surface area contributed by atoms with Gasteiger partial charge >= 0.3 is 0 Å². The molecule has 0 aliphatic heterocycles. The molecule has 3 aromatic rings. The first-order chi connectivity index (χ1) is 13.0. The number of amides is 1. The summed E-state index contributed by atoms with van der Waals surface area (Å²) in [5.41, 5.74) is 1.39. The first-order valence-electron chi connectivity index (χ1n) is 8.27. The van der Waals surface area contributed by atoms with Crippen LogP contribution in [0.1, 0.15) is 10.5 Å². The van der Waals surface area contributed by atoms with Crippen LogP contribution in [0.25, 0.3) is 16.3 Å². The van der Waals surface area contributed by atoms with Crippen molar-refractivity contribution >= 4 is 22.9 Å². The molecule has 0 aliphatic carbocycles. The molecule has 8 nitrogen and oxygen atoms in total. The lowest BCUT2D eigenvalue weighted by atomic mass is 10.2. The number of likely N-dealkylation sites (N-methyl/N-ethyl adjacent to an activating group) is 1. The van der Waals surface area contributed by atoms with E-state index in [1.165, 1.54) is 28.2 Å². The van der Waals surface area contributed by atoms with Crippen molar-refractivity contribution in [2.24, 2.45) is 0 Å². The van der Waals surface area contributed by atoms with Crippen molar-refractivity contribution in [1.82, 2.24) is 20.0 Å². The van der Waals surface area contributed by atoms with Gasteiger partial charge in [-0.2, -0.15) is 5.10 Å². The van der Waals surface area contributed by atoms with Crippen LogP contribution in [-0.2, 0) is 0 Å². The average Bonchev–Trinajstić information content (AvgIpc) is 3.31. The Morgan fingerprint density at radius 2 is 2.11 bits per heavy atom. The summed E-state index contributed by atoms with van der Waals surface area (Å²) in [7, 11) is 3.85. The summed E-state index contributed by atoms with van der Waals surface area (Å²) < 4.78 is 1.45. The van der Waals surface area contributed by atoms with Crippen LogP contribution in [0.15, 0.2) is 47.8 Å². The minimum atomic E-state index is -0.468. The Hall–Kier alpha value is -3.04. The monoisotopic (exact) mass is 385 g/mol. The molecule has 9 heteroatoms. The Labute approximate surface area is 160 Å². The van der Waals surface area contributed by atoms with Gasteiger partial charge in [-0.15, -0.1) is 11.3 Å². The zero-order valence-electron chi connectivity index (χ0n) is 15.0. The van der Waals surface area contributed by atoms with Crippen molar-refractivity contribution in [2.45, 2.75) is 0 Å². The summed E-state index contributed by atoms with van der Waals surface area (Å²) in [6.07, 6.45) is 0. The highest BCUT2D eigenvalue weighted by atomic mass is 32.1. The highest BCUT2D eigenvalue weighted by molar-refractivity contribution is 7.13. The van der Waals surface area contributed by atoms with E-state index in [1.807, 2.05) is 36.5 Å². The normalized spacial score (nSPS) is 10.9. The second-order valence-corrected chi connectivity index (χ2v) is 7.09. The van der Waals surface area contributed by atoms with Crippen molar-refractivity contribution in [3.8, 4) is 16.3 Å². The van der Waals surface area contributed by atoms with Crippen molar-refractivity contribution < 1.29 is 9.72 Å². The van der Waals surface area contributed by atoms with Crippen LogP contribution in [-0.4, -0.2) is 52.7 Å². The lowest BCUT2D eigenvalue weighted by molar-refractivity contribution is -0.384. The van der Waals surface area contributed by atoms with E-state index in [1.54, 1.807) is 18.2 Å². The van der Waals surface area contributed by atoms with Gasteiger partial charge in [0.25, 0.3) is 11.6 Å². The number of non-ortho nitro benzene ring substituents is 1. The molecular formula is C18H19N5O3S. The Balaban J connectivity index is 1.99. The van der Waals surface area contributed by atoms with Gasteiger partial charge in [-0.1, -0.05) is 12.1 Å². The number of carbonyl (C=O) groups excluding carboxylic acids is 1. The van der Waals surface area contributed by atoms with Gasteiger partial charge in [0.05, 0.1) is 15.5 Å². The number of rotatable bonds is 7. The third-order valence-electron chi connectivity index (χ3n) is 3.85. The van der Waals surface area contributed by atoms with Gasteiger partial charge in [0.2, 0.25) is 0 Å². The molecule has 1 aromatic carbocycles. The van der Waals surface area contributed by atoms with E-state index in [-0.39, 0.29) is 11.6 Å². The largest absolute Gasteiger partial charge is 0.349 e. The van der Waals surface area contributed by atoms with Gasteiger partial charge in [-0.25, -0.2) is 4.68 Å². The van der Waals surface area contributed by atoms with E-state index in [0.717, 1.165) is 4.88 Å². The number of hydrogen-bond acceptors (Lipinski definition) is 6. The lowest BCUT2D eigenvalue weighted by Crippen LogP contribution is -2.32.